The Balaban J connectivity index is 1.66. The molecule has 112 valence electrons. The van der Waals surface area contributed by atoms with E-state index in [0.29, 0.717) is 18.7 Å². The van der Waals surface area contributed by atoms with Crippen LogP contribution in [0.15, 0.2) is 18.7 Å². The average Bonchev–Trinajstić information content (AvgIpc) is 3.07. The van der Waals surface area contributed by atoms with Crippen LogP contribution in [-0.2, 0) is 24.3 Å². The van der Waals surface area contributed by atoms with E-state index in [1.54, 1.807) is 12.5 Å². The number of aliphatic carboxylic acids is 1. The van der Waals surface area contributed by atoms with Gasteiger partial charge in [0.15, 0.2) is 0 Å². The number of nitrogens with one attached hydrogen (secondary N) is 3. The quantitative estimate of drug-likeness (QED) is 0.523. The highest BCUT2D eigenvalue weighted by molar-refractivity contribution is 5.73. The Morgan fingerprint density at radius 1 is 1.38 bits per heavy atom. The largest absolute Gasteiger partial charge is 0.480 e. The van der Waals surface area contributed by atoms with E-state index >= 15 is 0 Å². The van der Waals surface area contributed by atoms with Crippen molar-refractivity contribution in [2.75, 3.05) is 6.54 Å². The Labute approximate surface area is 119 Å². The Hall–Kier alpha value is -2.91. The fraction of sp³-hybridized carbons (Fsp3) is 0.364. The maximum absolute atomic E-state index is 11.5. The van der Waals surface area contributed by atoms with Crippen LogP contribution in [0.2, 0.25) is 0 Å². The van der Waals surface area contributed by atoms with Crippen molar-refractivity contribution in [3.8, 4) is 0 Å². The predicted octanol–water partition coefficient (Wildman–Crippen LogP) is -0.872. The van der Waals surface area contributed by atoms with Crippen molar-refractivity contribution in [3.63, 3.8) is 0 Å². The zero-order valence-corrected chi connectivity index (χ0v) is 11.1. The zero-order chi connectivity index (χ0) is 15.1. The number of carbonyl (C=O) groups excluding carboxylic acids is 1. The van der Waals surface area contributed by atoms with Crippen LogP contribution >= 0.6 is 0 Å². The van der Waals surface area contributed by atoms with E-state index in [1.807, 2.05) is 0 Å². The van der Waals surface area contributed by atoms with Gasteiger partial charge in [0.2, 0.25) is 0 Å². The van der Waals surface area contributed by atoms with Crippen molar-refractivity contribution >= 4 is 12.0 Å². The molecule has 0 fully saturated rings. The van der Waals surface area contributed by atoms with E-state index in [0.717, 1.165) is 5.69 Å². The molecule has 0 aliphatic carbocycles. The number of hydrogen-bond acceptors (Lipinski definition) is 5. The first-order chi connectivity index (χ1) is 10.1. The number of hydrogen-bond donors (Lipinski definition) is 4. The second kappa shape index (κ2) is 7.03. The van der Waals surface area contributed by atoms with Crippen molar-refractivity contribution in [1.29, 1.82) is 0 Å². The molecule has 2 aromatic heterocycles. The third-order valence-corrected chi connectivity index (χ3v) is 2.55. The van der Waals surface area contributed by atoms with E-state index in [1.165, 1.54) is 10.9 Å². The fourth-order valence-electron chi connectivity index (χ4n) is 1.60. The maximum Gasteiger partial charge on any atom is 0.325 e. The number of aromatic amines is 1. The molecule has 0 bridgehead atoms. The molecule has 2 aromatic rings. The number of amides is 2. The van der Waals surface area contributed by atoms with E-state index < -0.39 is 5.97 Å². The molecule has 0 aliphatic rings. The summed E-state index contributed by atoms with van der Waals surface area (Å²) in [5.74, 6) is -1.00. The molecule has 0 saturated heterocycles. The number of urea groups is 1. The number of H-pyrrole nitrogens is 1. The Morgan fingerprint density at radius 3 is 2.95 bits per heavy atom. The van der Waals surface area contributed by atoms with E-state index in [-0.39, 0.29) is 19.1 Å². The molecule has 0 radical (unpaired) electrons. The smallest absolute Gasteiger partial charge is 0.325 e. The predicted molar refractivity (Wildman–Crippen MR) is 70.2 cm³/mol. The first kappa shape index (κ1) is 14.5. The molecule has 0 spiro atoms. The van der Waals surface area contributed by atoms with Gasteiger partial charge in [-0.3, -0.25) is 4.79 Å². The molecule has 0 aromatic carbocycles. The van der Waals surface area contributed by atoms with Gasteiger partial charge in [-0.15, -0.1) is 5.10 Å². The number of carboxylic acids is 1. The van der Waals surface area contributed by atoms with Crippen LogP contribution in [0.1, 0.15) is 11.4 Å². The summed E-state index contributed by atoms with van der Waals surface area (Å²) < 4.78 is 1.19. The molecule has 4 N–H and O–H groups in total. The molecule has 2 heterocycles. The van der Waals surface area contributed by atoms with Crippen LogP contribution in [-0.4, -0.2) is 48.6 Å². The monoisotopic (exact) mass is 293 g/mol. The lowest BCUT2D eigenvalue weighted by atomic mass is 10.3. The number of aromatic nitrogens is 5. The van der Waals surface area contributed by atoms with Gasteiger partial charge in [-0.25, -0.2) is 14.5 Å². The minimum atomic E-state index is -1.00. The second-order valence-corrected chi connectivity index (χ2v) is 4.24. The maximum atomic E-state index is 11.5. The highest BCUT2D eigenvalue weighted by atomic mass is 16.4. The molecular formula is C11H15N7O3. The summed E-state index contributed by atoms with van der Waals surface area (Å²) in [6.45, 7) is 0.388. The van der Waals surface area contributed by atoms with Crippen LogP contribution in [0.4, 0.5) is 4.79 Å². The Kier molecular flexibility index (Phi) is 4.85. The third kappa shape index (κ3) is 4.93. The van der Waals surface area contributed by atoms with E-state index in [9.17, 15) is 9.59 Å². The summed E-state index contributed by atoms with van der Waals surface area (Å²) in [7, 11) is 0. The van der Waals surface area contributed by atoms with Crippen LogP contribution in [0.5, 0.6) is 0 Å². The highest BCUT2D eigenvalue weighted by Crippen LogP contribution is 1.93. The lowest BCUT2D eigenvalue weighted by Crippen LogP contribution is -2.36. The van der Waals surface area contributed by atoms with Crippen LogP contribution in [0, 0.1) is 0 Å². The van der Waals surface area contributed by atoms with E-state index in [4.69, 9.17) is 5.11 Å². The first-order valence-corrected chi connectivity index (χ1v) is 6.23. The Morgan fingerprint density at radius 2 is 2.24 bits per heavy atom. The molecular weight excluding hydrogens is 278 g/mol. The summed E-state index contributed by atoms with van der Waals surface area (Å²) in [5.41, 5.74) is 1.42. The normalized spacial score (nSPS) is 10.3. The fourth-order valence-corrected chi connectivity index (χ4v) is 1.60. The summed E-state index contributed by atoms with van der Waals surface area (Å²) in [6.07, 6.45) is 5.40. The zero-order valence-electron chi connectivity index (χ0n) is 11.1. The molecule has 10 nitrogen and oxygen atoms in total. The topological polar surface area (TPSA) is 138 Å². The number of rotatable bonds is 7. The standard InChI is InChI=1S/C11H15N7O3/c19-10(20)6-18-5-9(16-17-18)4-14-11(21)13-2-1-8-3-12-7-15-8/h3,5,7H,1-2,4,6H2,(H,12,15)(H,19,20)(H2,13,14,21). The van der Waals surface area contributed by atoms with Gasteiger partial charge in [0.05, 0.1) is 19.1 Å². The lowest BCUT2D eigenvalue weighted by Gasteiger charge is -2.05. The Bertz CT molecular complexity index is 593. The molecule has 0 unspecified atom stereocenters. The van der Waals surface area contributed by atoms with Crippen LogP contribution < -0.4 is 10.6 Å². The minimum absolute atomic E-state index is 0.176. The van der Waals surface area contributed by atoms with Crippen molar-refractivity contribution < 1.29 is 14.7 Å². The number of carboxylic acid groups (broad SMARTS) is 1. The number of imidazole rings is 1. The van der Waals surface area contributed by atoms with Gasteiger partial charge in [-0.2, -0.15) is 0 Å². The second-order valence-electron chi connectivity index (χ2n) is 4.24. The summed E-state index contributed by atoms with van der Waals surface area (Å²) in [6, 6.07) is -0.331. The van der Waals surface area contributed by atoms with Gasteiger partial charge >= 0.3 is 12.0 Å². The molecule has 21 heavy (non-hydrogen) atoms. The summed E-state index contributed by atoms with van der Waals surface area (Å²) in [5, 5.41) is 21.3. The first-order valence-electron chi connectivity index (χ1n) is 6.23. The molecule has 0 aliphatic heterocycles. The molecule has 2 rings (SSSR count). The highest BCUT2D eigenvalue weighted by Gasteiger charge is 2.06. The lowest BCUT2D eigenvalue weighted by molar-refractivity contribution is -0.137. The van der Waals surface area contributed by atoms with Crippen molar-refractivity contribution in [1.82, 2.24) is 35.6 Å². The molecule has 0 atom stereocenters. The molecule has 10 heteroatoms. The minimum Gasteiger partial charge on any atom is -0.480 e. The molecule has 0 saturated carbocycles. The van der Waals surface area contributed by atoms with Crippen molar-refractivity contribution in [2.45, 2.75) is 19.5 Å². The van der Waals surface area contributed by atoms with Gasteiger partial charge in [0, 0.05) is 24.9 Å². The van der Waals surface area contributed by atoms with Crippen LogP contribution in [0.25, 0.3) is 0 Å². The summed E-state index contributed by atoms with van der Waals surface area (Å²) >= 11 is 0. The van der Waals surface area contributed by atoms with Crippen LogP contribution in [0.3, 0.4) is 0 Å². The van der Waals surface area contributed by atoms with Gasteiger partial charge in [-0.05, 0) is 0 Å². The summed E-state index contributed by atoms with van der Waals surface area (Å²) in [4.78, 5) is 28.8. The number of nitrogens with zero attached hydrogens (tertiary/aromatic N) is 4. The van der Waals surface area contributed by atoms with Gasteiger partial charge in [0.1, 0.15) is 12.2 Å². The van der Waals surface area contributed by atoms with Gasteiger partial charge < -0.3 is 20.7 Å². The third-order valence-electron chi connectivity index (χ3n) is 2.55. The molecule has 2 amide bonds. The average molecular weight is 293 g/mol. The van der Waals surface area contributed by atoms with E-state index in [2.05, 4.69) is 30.9 Å². The van der Waals surface area contributed by atoms with Crippen molar-refractivity contribution in [2.24, 2.45) is 0 Å². The van der Waals surface area contributed by atoms with Gasteiger partial charge in [-0.1, -0.05) is 5.21 Å². The van der Waals surface area contributed by atoms with Gasteiger partial charge in [0.25, 0.3) is 0 Å². The number of carbonyl (C=O) groups is 2. The van der Waals surface area contributed by atoms with Crippen molar-refractivity contribution in [3.05, 3.63) is 30.1 Å². The SMILES string of the molecule is O=C(O)Cn1cc(CNC(=O)NCCc2cnc[nH]2)nn1.